The minimum absolute atomic E-state index is 0.0770. The van der Waals surface area contributed by atoms with Crippen molar-refractivity contribution in [1.29, 1.82) is 0 Å². The number of carbonyl (C=O) groups excluding carboxylic acids is 1. The minimum Gasteiger partial charge on any atom is -0.508 e. The zero-order chi connectivity index (χ0) is 23.7. The molecule has 0 unspecified atom stereocenters. The lowest BCUT2D eigenvalue weighted by atomic mass is 9.69. The van der Waals surface area contributed by atoms with Crippen molar-refractivity contribution in [3.05, 3.63) is 88.7 Å². The molecule has 0 aromatic heterocycles. The number of aryl methyl sites for hydroxylation is 1. The average molecular weight is 460 g/mol. The molecule has 34 heavy (non-hydrogen) atoms. The quantitative estimate of drug-likeness (QED) is 0.489. The molecular formula is C29H30FNO3. The molecule has 2 atom stereocenters. The van der Waals surface area contributed by atoms with Gasteiger partial charge in [0.15, 0.2) is 0 Å². The highest BCUT2D eigenvalue weighted by Crippen LogP contribution is 2.49. The predicted octanol–water partition coefficient (Wildman–Crippen LogP) is 5.82. The first-order valence-electron chi connectivity index (χ1n) is 12.0. The van der Waals surface area contributed by atoms with Gasteiger partial charge in [-0.2, -0.15) is 0 Å². The summed E-state index contributed by atoms with van der Waals surface area (Å²) in [4.78, 5) is 13.3. The van der Waals surface area contributed by atoms with Crippen molar-refractivity contribution in [2.24, 2.45) is 5.92 Å². The maximum atomic E-state index is 15.9. The minimum atomic E-state index is -0.250. The van der Waals surface area contributed by atoms with E-state index in [1.165, 1.54) is 5.56 Å². The van der Waals surface area contributed by atoms with Gasteiger partial charge in [-0.3, -0.25) is 0 Å². The third kappa shape index (κ3) is 4.15. The third-order valence-electron chi connectivity index (χ3n) is 7.52. The van der Waals surface area contributed by atoms with E-state index in [2.05, 4.69) is 17.0 Å². The van der Waals surface area contributed by atoms with Gasteiger partial charge in [-0.25, -0.2) is 4.39 Å². The van der Waals surface area contributed by atoms with Gasteiger partial charge in [-0.1, -0.05) is 36.4 Å². The van der Waals surface area contributed by atoms with E-state index in [4.69, 9.17) is 4.74 Å². The Bertz CT molecular complexity index is 1170. The van der Waals surface area contributed by atoms with E-state index in [9.17, 15) is 9.90 Å². The summed E-state index contributed by atoms with van der Waals surface area (Å²) in [5, 5.41) is 10.1. The Hall–Kier alpha value is -3.34. The van der Waals surface area contributed by atoms with E-state index >= 15 is 4.39 Å². The number of hydrogen-bond donors (Lipinski definition) is 1. The first kappa shape index (κ1) is 22.5. The average Bonchev–Trinajstić information content (AvgIpc) is 2.88. The molecule has 0 bridgehead atoms. The van der Waals surface area contributed by atoms with E-state index in [-0.39, 0.29) is 29.3 Å². The molecule has 3 aromatic carbocycles. The van der Waals surface area contributed by atoms with Gasteiger partial charge >= 0.3 is 0 Å². The van der Waals surface area contributed by atoms with E-state index in [1.807, 2.05) is 36.4 Å². The number of halogens is 1. The van der Waals surface area contributed by atoms with E-state index in [0.717, 1.165) is 48.8 Å². The van der Waals surface area contributed by atoms with Crippen LogP contribution < -0.4 is 9.64 Å². The van der Waals surface area contributed by atoms with Gasteiger partial charge in [0, 0.05) is 31.0 Å². The van der Waals surface area contributed by atoms with Gasteiger partial charge in [0.05, 0.1) is 12.8 Å². The van der Waals surface area contributed by atoms with Crippen LogP contribution in [0.5, 0.6) is 11.5 Å². The van der Waals surface area contributed by atoms with Crippen molar-refractivity contribution in [1.82, 2.24) is 0 Å². The van der Waals surface area contributed by atoms with Crippen LogP contribution in [0.3, 0.4) is 0 Å². The molecule has 2 aliphatic rings. The molecule has 1 fully saturated rings. The highest BCUT2D eigenvalue weighted by molar-refractivity contribution is 5.63. The molecule has 4 nitrogen and oxygen atoms in total. The molecule has 0 radical (unpaired) electrons. The zero-order valence-electron chi connectivity index (χ0n) is 19.4. The first-order chi connectivity index (χ1) is 16.6. The van der Waals surface area contributed by atoms with Gasteiger partial charge in [0.2, 0.25) is 0 Å². The number of piperidine rings is 1. The summed E-state index contributed by atoms with van der Waals surface area (Å²) < 4.78 is 21.7. The number of fused-ring (bicyclic) bond motifs is 1. The summed E-state index contributed by atoms with van der Waals surface area (Å²) in [5.74, 6) is 0.650. The van der Waals surface area contributed by atoms with Crippen LogP contribution in [0, 0.1) is 11.7 Å². The van der Waals surface area contributed by atoms with Gasteiger partial charge in [-0.15, -0.1) is 0 Å². The second kappa shape index (κ2) is 9.49. The second-order valence-electron chi connectivity index (χ2n) is 9.42. The van der Waals surface area contributed by atoms with Crippen molar-refractivity contribution >= 4 is 12.0 Å². The van der Waals surface area contributed by atoms with Crippen molar-refractivity contribution in [2.45, 2.75) is 37.5 Å². The van der Waals surface area contributed by atoms with E-state index in [1.54, 1.807) is 19.2 Å². The monoisotopic (exact) mass is 459 g/mol. The number of rotatable bonds is 5. The number of aldehydes is 1. The molecule has 176 valence electrons. The molecule has 0 amide bonds. The van der Waals surface area contributed by atoms with Crippen LogP contribution in [0.4, 0.5) is 10.1 Å². The van der Waals surface area contributed by atoms with Crippen LogP contribution in [-0.4, -0.2) is 31.6 Å². The molecule has 3 aromatic rings. The number of aromatic hydroxyl groups is 1. The predicted molar refractivity (Wildman–Crippen MR) is 131 cm³/mol. The van der Waals surface area contributed by atoms with Crippen molar-refractivity contribution in [3.63, 3.8) is 0 Å². The summed E-state index contributed by atoms with van der Waals surface area (Å²) >= 11 is 0. The second-order valence-corrected chi connectivity index (χ2v) is 9.42. The summed E-state index contributed by atoms with van der Waals surface area (Å²) in [5.41, 5.74) is 4.66. The Kier molecular flexibility index (Phi) is 6.27. The molecule has 5 heteroatoms. The molecule has 1 aliphatic carbocycles. The fourth-order valence-corrected chi connectivity index (χ4v) is 5.73. The Morgan fingerprint density at radius 3 is 2.47 bits per heavy atom. The van der Waals surface area contributed by atoms with Crippen LogP contribution >= 0.6 is 0 Å². The zero-order valence-corrected chi connectivity index (χ0v) is 19.4. The summed E-state index contributed by atoms with van der Waals surface area (Å²) in [6, 6.07) is 19.2. The normalized spacial score (nSPS) is 20.6. The van der Waals surface area contributed by atoms with Crippen LogP contribution in [0.25, 0.3) is 0 Å². The third-order valence-corrected chi connectivity index (χ3v) is 7.52. The van der Waals surface area contributed by atoms with Crippen molar-refractivity contribution < 1.29 is 19.0 Å². The van der Waals surface area contributed by atoms with Crippen LogP contribution in [0.15, 0.2) is 60.7 Å². The Labute approximate surface area is 200 Å². The number of benzene rings is 3. The maximum Gasteiger partial charge on any atom is 0.142 e. The van der Waals surface area contributed by atoms with Crippen LogP contribution in [-0.2, 0) is 11.2 Å². The highest BCUT2D eigenvalue weighted by Gasteiger charge is 2.35. The SMILES string of the molecule is COc1cc([C@@H]2c3ccc(O)cc3CC[C@@H]2c2ccccc2)c(F)cc1N1CCC(C=O)CC1. The molecule has 1 saturated heterocycles. The first-order valence-corrected chi connectivity index (χ1v) is 12.0. The fraction of sp³-hybridized carbons (Fsp3) is 0.345. The van der Waals surface area contributed by atoms with Crippen LogP contribution in [0.1, 0.15) is 53.4 Å². The lowest BCUT2D eigenvalue weighted by Crippen LogP contribution is -2.34. The van der Waals surface area contributed by atoms with Crippen molar-refractivity contribution in [3.8, 4) is 11.5 Å². The molecule has 5 rings (SSSR count). The number of carbonyl (C=O) groups is 1. The van der Waals surface area contributed by atoms with Gasteiger partial charge in [0.1, 0.15) is 23.6 Å². The van der Waals surface area contributed by atoms with Gasteiger partial charge in [-0.05, 0) is 72.1 Å². The fourth-order valence-electron chi connectivity index (χ4n) is 5.73. The summed E-state index contributed by atoms with van der Waals surface area (Å²) in [6.45, 7) is 1.41. The number of anilines is 1. The van der Waals surface area contributed by atoms with E-state index in [0.29, 0.717) is 24.4 Å². The van der Waals surface area contributed by atoms with E-state index < -0.39 is 0 Å². The molecule has 1 N–H and O–H groups in total. The lowest BCUT2D eigenvalue weighted by molar-refractivity contribution is -0.111. The number of nitrogens with zero attached hydrogens (tertiary/aromatic N) is 1. The number of methoxy groups -OCH3 is 1. The topological polar surface area (TPSA) is 49.8 Å². The Balaban J connectivity index is 1.59. The van der Waals surface area contributed by atoms with Gasteiger partial charge in [0.25, 0.3) is 0 Å². The standard InChI is InChI=1S/C29H30FNO3/c1-34-28-16-25(26(30)17-27(28)31-13-11-19(18-32)12-14-31)29-23(20-5-3-2-4-6-20)9-7-21-15-22(33)8-10-24(21)29/h2-6,8,10,15-19,23,29,33H,7,9,11-14H2,1H3/t23-,29+/m1/s1. The lowest BCUT2D eigenvalue weighted by Gasteiger charge is -2.36. The number of phenolic OH excluding ortho intramolecular Hbond substituents is 1. The molecule has 0 spiro atoms. The summed E-state index contributed by atoms with van der Waals surface area (Å²) in [6.07, 6.45) is 4.27. The Morgan fingerprint density at radius 1 is 1.00 bits per heavy atom. The molecule has 0 saturated carbocycles. The highest BCUT2D eigenvalue weighted by atomic mass is 19.1. The largest absolute Gasteiger partial charge is 0.508 e. The number of ether oxygens (including phenoxy) is 1. The maximum absolute atomic E-state index is 15.9. The van der Waals surface area contributed by atoms with Crippen molar-refractivity contribution in [2.75, 3.05) is 25.1 Å². The Morgan fingerprint density at radius 2 is 1.76 bits per heavy atom. The van der Waals surface area contributed by atoms with Crippen LogP contribution in [0.2, 0.25) is 0 Å². The molecular weight excluding hydrogens is 429 g/mol. The number of hydrogen-bond acceptors (Lipinski definition) is 4. The smallest absolute Gasteiger partial charge is 0.142 e. The van der Waals surface area contributed by atoms with Gasteiger partial charge < -0.3 is 19.5 Å². The molecule has 1 aliphatic heterocycles. The number of phenols is 1. The summed E-state index contributed by atoms with van der Waals surface area (Å²) in [7, 11) is 1.63. The molecule has 1 heterocycles.